The number of nitriles is 1. The second-order valence-corrected chi connectivity index (χ2v) is 5.75. The van der Waals surface area contributed by atoms with Crippen molar-refractivity contribution >= 4 is 15.7 Å². The third-order valence-corrected chi connectivity index (χ3v) is 4.14. The van der Waals surface area contributed by atoms with Crippen LogP contribution in [0.1, 0.15) is 5.56 Å². The maximum Gasteiger partial charge on any atom is 0.265 e. The molecule has 0 aromatic heterocycles. The Morgan fingerprint density at radius 3 is 2.57 bits per heavy atom. The van der Waals surface area contributed by atoms with E-state index in [9.17, 15) is 13.5 Å². The van der Waals surface area contributed by atoms with Gasteiger partial charge >= 0.3 is 0 Å². The summed E-state index contributed by atoms with van der Waals surface area (Å²) in [7, 11) is -2.59. The van der Waals surface area contributed by atoms with Crippen LogP contribution in [0.15, 0.2) is 47.4 Å². The summed E-state index contributed by atoms with van der Waals surface area (Å²) < 4.78 is 31.9. The number of hydrogen-bond acceptors (Lipinski definition) is 5. The van der Waals surface area contributed by atoms with E-state index in [-0.39, 0.29) is 22.1 Å². The Labute approximate surface area is 122 Å². The summed E-state index contributed by atoms with van der Waals surface area (Å²) >= 11 is 0. The minimum Gasteiger partial charge on any atom is -0.507 e. The number of phenols is 1. The van der Waals surface area contributed by atoms with Gasteiger partial charge in [-0.3, -0.25) is 4.72 Å². The van der Waals surface area contributed by atoms with E-state index in [0.717, 1.165) is 0 Å². The van der Waals surface area contributed by atoms with Crippen LogP contribution in [0.25, 0.3) is 0 Å². The minimum atomic E-state index is -3.96. The van der Waals surface area contributed by atoms with Gasteiger partial charge < -0.3 is 9.84 Å². The molecule has 0 aliphatic carbocycles. The fourth-order valence-corrected chi connectivity index (χ4v) is 2.90. The molecule has 2 aromatic carbocycles. The minimum absolute atomic E-state index is 0.180. The Bertz CT molecular complexity index is 810. The van der Waals surface area contributed by atoms with E-state index in [1.807, 2.05) is 6.07 Å². The molecule has 108 valence electrons. The number of ether oxygens (including phenoxy) is 1. The molecule has 0 unspecified atom stereocenters. The Kier molecular flexibility index (Phi) is 4.00. The van der Waals surface area contributed by atoms with E-state index in [1.54, 1.807) is 0 Å². The van der Waals surface area contributed by atoms with E-state index in [0.29, 0.717) is 5.56 Å². The maximum absolute atomic E-state index is 12.3. The summed E-state index contributed by atoms with van der Waals surface area (Å²) in [5, 5.41) is 18.5. The fraction of sp³-hybridized carbons (Fsp3) is 0.0714. The zero-order chi connectivity index (χ0) is 15.5. The Morgan fingerprint density at radius 2 is 1.95 bits per heavy atom. The Balaban J connectivity index is 2.42. The predicted octanol–water partition coefficient (Wildman–Crippen LogP) is 2.07. The highest BCUT2D eigenvalue weighted by molar-refractivity contribution is 7.92. The standard InChI is InChI=1S/C14H12N2O4S/c1-20-13-8-10(9-15)6-7-11(13)16-21(18,19)14-5-3-2-4-12(14)17/h2-8,16-17H,1H3. The van der Waals surface area contributed by atoms with Gasteiger partial charge in [0.1, 0.15) is 16.4 Å². The third-order valence-electron chi connectivity index (χ3n) is 2.73. The van der Waals surface area contributed by atoms with Crippen molar-refractivity contribution in [1.82, 2.24) is 0 Å². The molecule has 0 fully saturated rings. The molecule has 0 saturated carbocycles. The number of methoxy groups -OCH3 is 1. The van der Waals surface area contributed by atoms with Crippen LogP contribution in [-0.4, -0.2) is 20.6 Å². The van der Waals surface area contributed by atoms with Crippen LogP contribution in [0.4, 0.5) is 5.69 Å². The van der Waals surface area contributed by atoms with Gasteiger partial charge in [-0.25, -0.2) is 8.42 Å². The largest absolute Gasteiger partial charge is 0.507 e. The topological polar surface area (TPSA) is 99.4 Å². The number of nitrogens with zero attached hydrogens (tertiary/aromatic N) is 1. The van der Waals surface area contributed by atoms with Crippen LogP contribution in [-0.2, 0) is 10.0 Å². The van der Waals surface area contributed by atoms with Crippen molar-refractivity contribution in [3.05, 3.63) is 48.0 Å². The van der Waals surface area contributed by atoms with Crippen LogP contribution in [0.2, 0.25) is 0 Å². The number of sulfonamides is 1. The quantitative estimate of drug-likeness (QED) is 0.900. The molecule has 0 radical (unpaired) electrons. The van der Waals surface area contributed by atoms with E-state index in [2.05, 4.69) is 4.72 Å². The van der Waals surface area contributed by atoms with Crippen LogP contribution >= 0.6 is 0 Å². The Hall–Kier alpha value is -2.72. The molecule has 6 nitrogen and oxygen atoms in total. The molecule has 0 aliphatic heterocycles. The van der Waals surface area contributed by atoms with Crippen molar-refractivity contribution in [2.24, 2.45) is 0 Å². The zero-order valence-electron chi connectivity index (χ0n) is 11.1. The van der Waals surface area contributed by atoms with Gasteiger partial charge in [0.2, 0.25) is 0 Å². The molecule has 0 atom stereocenters. The second-order valence-electron chi connectivity index (χ2n) is 4.10. The normalized spacial score (nSPS) is 10.7. The first-order chi connectivity index (χ1) is 9.97. The maximum atomic E-state index is 12.3. The number of phenolic OH excluding ortho intramolecular Hbond substituents is 1. The van der Waals surface area contributed by atoms with Gasteiger partial charge in [-0.15, -0.1) is 0 Å². The number of hydrogen-bond donors (Lipinski definition) is 2. The number of benzene rings is 2. The molecule has 21 heavy (non-hydrogen) atoms. The lowest BCUT2D eigenvalue weighted by molar-refractivity contribution is 0.416. The monoisotopic (exact) mass is 304 g/mol. The lowest BCUT2D eigenvalue weighted by Gasteiger charge is -2.12. The van der Waals surface area contributed by atoms with Gasteiger partial charge in [-0.05, 0) is 24.3 Å². The molecule has 0 aliphatic rings. The molecular weight excluding hydrogens is 292 g/mol. The first kappa shape index (κ1) is 14.7. The molecule has 2 rings (SSSR count). The summed E-state index contributed by atoms with van der Waals surface area (Å²) in [6.45, 7) is 0. The van der Waals surface area contributed by atoms with Gasteiger partial charge in [0.05, 0.1) is 24.4 Å². The van der Waals surface area contributed by atoms with Gasteiger partial charge in [-0.2, -0.15) is 5.26 Å². The highest BCUT2D eigenvalue weighted by Crippen LogP contribution is 2.30. The molecule has 0 heterocycles. The SMILES string of the molecule is COc1cc(C#N)ccc1NS(=O)(=O)c1ccccc1O. The molecule has 0 bridgehead atoms. The van der Waals surface area contributed by atoms with Crippen molar-refractivity contribution in [3.63, 3.8) is 0 Å². The van der Waals surface area contributed by atoms with Gasteiger partial charge in [0.15, 0.2) is 0 Å². The summed E-state index contributed by atoms with van der Waals surface area (Å²) in [6.07, 6.45) is 0. The highest BCUT2D eigenvalue weighted by atomic mass is 32.2. The van der Waals surface area contributed by atoms with Gasteiger partial charge in [-0.1, -0.05) is 12.1 Å². The lowest BCUT2D eigenvalue weighted by atomic mass is 10.2. The van der Waals surface area contributed by atoms with Crippen molar-refractivity contribution in [2.45, 2.75) is 4.90 Å². The summed E-state index contributed by atoms with van der Waals surface area (Å²) in [5.74, 6) is -0.134. The lowest BCUT2D eigenvalue weighted by Crippen LogP contribution is -2.13. The average Bonchev–Trinajstić information content (AvgIpc) is 2.47. The van der Waals surface area contributed by atoms with Crippen LogP contribution in [0, 0.1) is 11.3 Å². The molecule has 0 saturated heterocycles. The summed E-state index contributed by atoms with van der Waals surface area (Å²) in [5.41, 5.74) is 0.525. The van der Waals surface area contributed by atoms with Gasteiger partial charge in [0.25, 0.3) is 10.0 Å². The van der Waals surface area contributed by atoms with Crippen LogP contribution in [0.5, 0.6) is 11.5 Å². The molecular formula is C14H12N2O4S. The number of nitrogens with one attached hydrogen (secondary N) is 1. The summed E-state index contributed by atoms with van der Waals surface area (Å²) in [6, 6.07) is 11.8. The zero-order valence-corrected chi connectivity index (χ0v) is 11.9. The van der Waals surface area contributed by atoms with Crippen molar-refractivity contribution in [1.29, 1.82) is 5.26 Å². The fourth-order valence-electron chi connectivity index (χ4n) is 1.73. The molecule has 2 aromatic rings. The van der Waals surface area contributed by atoms with E-state index in [1.165, 1.54) is 49.6 Å². The summed E-state index contributed by atoms with van der Waals surface area (Å²) in [4.78, 5) is -0.239. The van der Waals surface area contributed by atoms with Crippen molar-refractivity contribution < 1.29 is 18.3 Å². The van der Waals surface area contributed by atoms with Crippen molar-refractivity contribution in [3.8, 4) is 17.6 Å². The first-order valence-electron chi connectivity index (χ1n) is 5.87. The number of para-hydroxylation sites is 1. The first-order valence-corrected chi connectivity index (χ1v) is 7.35. The highest BCUT2D eigenvalue weighted by Gasteiger charge is 2.20. The smallest absolute Gasteiger partial charge is 0.265 e. The predicted molar refractivity (Wildman–Crippen MR) is 76.6 cm³/mol. The average molecular weight is 304 g/mol. The molecule has 7 heteroatoms. The molecule has 2 N–H and O–H groups in total. The number of anilines is 1. The number of aromatic hydroxyl groups is 1. The van der Waals surface area contributed by atoms with Crippen LogP contribution < -0.4 is 9.46 Å². The Morgan fingerprint density at radius 1 is 1.24 bits per heavy atom. The number of rotatable bonds is 4. The van der Waals surface area contributed by atoms with E-state index in [4.69, 9.17) is 10.00 Å². The van der Waals surface area contributed by atoms with E-state index < -0.39 is 10.0 Å². The van der Waals surface area contributed by atoms with E-state index >= 15 is 0 Å². The van der Waals surface area contributed by atoms with Gasteiger partial charge in [0, 0.05) is 6.07 Å². The second kappa shape index (κ2) is 5.73. The van der Waals surface area contributed by atoms with Crippen LogP contribution in [0.3, 0.4) is 0 Å². The molecule has 0 amide bonds. The third kappa shape index (κ3) is 3.07. The van der Waals surface area contributed by atoms with Crippen molar-refractivity contribution in [2.75, 3.05) is 11.8 Å². The molecule has 0 spiro atoms.